The van der Waals surface area contributed by atoms with Gasteiger partial charge in [0, 0.05) is 5.92 Å². The topological polar surface area (TPSA) is 35.5 Å². The average Bonchev–Trinajstić information content (AvgIpc) is 3.58. The van der Waals surface area contributed by atoms with E-state index in [0.29, 0.717) is 24.5 Å². The molecule has 0 heterocycles. The third-order valence-electron chi connectivity index (χ3n) is 4.74. The molecule has 3 nitrogen and oxygen atoms in total. The first-order valence-electron chi connectivity index (χ1n) is 9.42. The van der Waals surface area contributed by atoms with E-state index in [4.69, 9.17) is 9.47 Å². The van der Waals surface area contributed by atoms with Gasteiger partial charge in [-0.1, -0.05) is 60.7 Å². The highest BCUT2D eigenvalue weighted by Gasteiger charge is 2.33. The highest BCUT2D eigenvalue weighted by atomic mass is 127. The van der Waals surface area contributed by atoms with E-state index in [-0.39, 0.29) is 11.7 Å². The third kappa shape index (κ3) is 4.55. The standard InChI is InChI=1S/C24H21IO3/c25-22-21(27-15-17-7-3-1-4-8-17)14-13-20(23(26)19-11-12-19)24(22)28-16-18-9-5-2-6-10-18/h1-10,13-14,19H,11-12,15-16H2. The van der Waals surface area contributed by atoms with Crippen LogP contribution in [0.5, 0.6) is 11.5 Å². The zero-order chi connectivity index (χ0) is 19.3. The van der Waals surface area contributed by atoms with E-state index in [0.717, 1.165) is 33.3 Å². The summed E-state index contributed by atoms with van der Waals surface area (Å²) in [5.74, 6) is 1.69. The zero-order valence-corrected chi connectivity index (χ0v) is 17.6. The van der Waals surface area contributed by atoms with Crippen molar-refractivity contribution in [3.63, 3.8) is 0 Å². The maximum absolute atomic E-state index is 12.8. The van der Waals surface area contributed by atoms with Crippen LogP contribution >= 0.6 is 22.6 Å². The highest BCUT2D eigenvalue weighted by molar-refractivity contribution is 14.1. The Hall–Kier alpha value is -2.34. The molecule has 1 aliphatic carbocycles. The summed E-state index contributed by atoms with van der Waals surface area (Å²) in [6.45, 7) is 0.898. The Morgan fingerprint density at radius 3 is 1.96 bits per heavy atom. The maximum Gasteiger partial charge on any atom is 0.169 e. The fraction of sp³-hybridized carbons (Fsp3) is 0.208. The van der Waals surface area contributed by atoms with Gasteiger partial charge in [-0.2, -0.15) is 0 Å². The van der Waals surface area contributed by atoms with Crippen LogP contribution in [0.25, 0.3) is 0 Å². The van der Waals surface area contributed by atoms with Crippen LogP contribution in [0.15, 0.2) is 72.8 Å². The van der Waals surface area contributed by atoms with Crippen LogP contribution < -0.4 is 9.47 Å². The largest absolute Gasteiger partial charge is 0.488 e. The Labute approximate surface area is 178 Å². The lowest BCUT2D eigenvalue weighted by Gasteiger charge is -2.16. The fourth-order valence-corrected chi connectivity index (χ4v) is 3.80. The Bertz CT molecular complexity index is 950. The van der Waals surface area contributed by atoms with Crippen LogP contribution in [0.4, 0.5) is 0 Å². The van der Waals surface area contributed by atoms with Gasteiger partial charge in [-0.25, -0.2) is 0 Å². The molecule has 0 radical (unpaired) electrons. The molecular formula is C24H21IO3. The molecule has 4 heteroatoms. The molecule has 0 unspecified atom stereocenters. The minimum Gasteiger partial charge on any atom is -0.488 e. The molecule has 1 aliphatic rings. The van der Waals surface area contributed by atoms with Gasteiger partial charge in [0.15, 0.2) is 5.78 Å². The van der Waals surface area contributed by atoms with Crippen LogP contribution in [-0.4, -0.2) is 5.78 Å². The van der Waals surface area contributed by atoms with Crippen LogP contribution in [0, 0.1) is 9.49 Å². The van der Waals surface area contributed by atoms with Crippen molar-refractivity contribution in [2.75, 3.05) is 0 Å². The first kappa shape index (κ1) is 19.0. The smallest absolute Gasteiger partial charge is 0.169 e. The Balaban J connectivity index is 1.58. The van der Waals surface area contributed by atoms with Gasteiger partial charge in [-0.15, -0.1) is 0 Å². The van der Waals surface area contributed by atoms with Gasteiger partial charge in [0.2, 0.25) is 0 Å². The van der Waals surface area contributed by atoms with Gasteiger partial charge in [0.05, 0.1) is 9.13 Å². The molecule has 3 aromatic carbocycles. The summed E-state index contributed by atoms with van der Waals surface area (Å²) < 4.78 is 13.0. The fourth-order valence-electron chi connectivity index (χ4n) is 3.02. The average molecular weight is 484 g/mol. The normalized spacial score (nSPS) is 13.2. The molecule has 0 spiro atoms. The van der Waals surface area contributed by atoms with Crippen molar-refractivity contribution in [2.45, 2.75) is 26.1 Å². The summed E-state index contributed by atoms with van der Waals surface area (Å²) in [6, 6.07) is 23.8. The molecule has 0 aliphatic heterocycles. The molecule has 1 fully saturated rings. The number of halogens is 1. The molecule has 28 heavy (non-hydrogen) atoms. The number of Topliss-reactive ketones (excluding diaryl/α,β-unsaturated/α-hetero) is 1. The van der Waals surface area contributed by atoms with Gasteiger partial charge in [0.1, 0.15) is 24.7 Å². The molecule has 0 atom stereocenters. The molecule has 0 aromatic heterocycles. The lowest BCUT2D eigenvalue weighted by Crippen LogP contribution is -2.09. The monoisotopic (exact) mass is 484 g/mol. The van der Waals surface area contributed by atoms with Crippen molar-refractivity contribution in [2.24, 2.45) is 5.92 Å². The second-order valence-corrected chi connectivity index (χ2v) is 8.02. The van der Waals surface area contributed by atoms with E-state index in [1.807, 2.05) is 72.8 Å². The zero-order valence-electron chi connectivity index (χ0n) is 15.4. The van der Waals surface area contributed by atoms with Crippen molar-refractivity contribution in [1.29, 1.82) is 0 Å². The summed E-state index contributed by atoms with van der Waals surface area (Å²) in [7, 11) is 0. The Kier molecular flexibility index (Phi) is 5.95. The molecule has 0 amide bonds. The first-order valence-corrected chi connectivity index (χ1v) is 10.5. The third-order valence-corrected chi connectivity index (χ3v) is 5.76. The van der Waals surface area contributed by atoms with Gasteiger partial charge in [-0.3, -0.25) is 4.79 Å². The van der Waals surface area contributed by atoms with E-state index in [2.05, 4.69) is 22.6 Å². The summed E-state index contributed by atoms with van der Waals surface area (Å²) >= 11 is 2.23. The van der Waals surface area contributed by atoms with Crippen molar-refractivity contribution in [3.05, 3.63) is 93.1 Å². The molecule has 0 bridgehead atoms. The summed E-state index contributed by atoms with van der Waals surface area (Å²) in [4.78, 5) is 12.8. The Morgan fingerprint density at radius 1 is 0.821 bits per heavy atom. The summed E-state index contributed by atoms with van der Waals surface area (Å²) in [5, 5.41) is 0. The molecular weight excluding hydrogens is 463 g/mol. The molecule has 0 N–H and O–H groups in total. The van der Waals surface area contributed by atoms with Crippen molar-refractivity contribution in [1.82, 2.24) is 0 Å². The van der Waals surface area contributed by atoms with Gasteiger partial charge in [0.25, 0.3) is 0 Å². The number of ether oxygens (including phenoxy) is 2. The van der Waals surface area contributed by atoms with Gasteiger partial charge >= 0.3 is 0 Å². The highest BCUT2D eigenvalue weighted by Crippen LogP contribution is 2.40. The predicted octanol–water partition coefficient (Wildman–Crippen LogP) is 6.04. The van der Waals surface area contributed by atoms with Crippen molar-refractivity contribution < 1.29 is 14.3 Å². The predicted molar refractivity (Wildman–Crippen MR) is 118 cm³/mol. The SMILES string of the molecule is O=C(c1ccc(OCc2ccccc2)c(I)c1OCc1ccccc1)C1CC1. The number of benzene rings is 3. The quantitative estimate of drug-likeness (QED) is 0.289. The molecule has 4 rings (SSSR count). The molecule has 1 saturated carbocycles. The number of ketones is 1. The number of rotatable bonds is 8. The second-order valence-electron chi connectivity index (χ2n) is 6.94. The maximum atomic E-state index is 12.8. The number of carbonyl (C=O) groups excluding carboxylic acids is 1. The lowest BCUT2D eigenvalue weighted by molar-refractivity contribution is 0.0963. The van der Waals surface area contributed by atoms with Crippen LogP contribution in [0.2, 0.25) is 0 Å². The number of hydrogen-bond donors (Lipinski definition) is 0. The Morgan fingerprint density at radius 2 is 1.39 bits per heavy atom. The van der Waals surface area contributed by atoms with E-state index < -0.39 is 0 Å². The van der Waals surface area contributed by atoms with Gasteiger partial charge < -0.3 is 9.47 Å². The van der Waals surface area contributed by atoms with E-state index in [1.165, 1.54) is 0 Å². The van der Waals surface area contributed by atoms with Crippen LogP contribution in [0.3, 0.4) is 0 Å². The van der Waals surface area contributed by atoms with Crippen molar-refractivity contribution >= 4 is 28.4 Å². The first-order chi connectivity index (χ1) is 13.7. The molecule has 3 aromatic rings. The van der Waals surface area contributed by atoms with E-state index in [9.17, 15) is 4.79 Å². The lowest BCUT2D eigenvalue weighted by atomic mass is 10.1. The number of carbonyl (C=O) groups is 1. The van der Waals surface area contributed by atoms with Crippen LogP contribution in [0.1, 0.15) is 34.3 Å². The summed E-state index contributed by atoms with van der Waals surface area (Å²) in [5.41, 5.74) is 2.83. The second kappa shape index (κ2) is 8.78. The van der Waals surface area contributed by atoms with E-state index in [1.54, 1.807) is 0 Å². The molecule has 0 saturated heterocycles. The van der Waals surface area contributed by atoms with Crippen LogP contribution in [-0.2, 0) is 13.2 Å². The minimum absolute atomic E-state index is 0.144. The van der Waals surface area contributed by atoms with Crippen molar-refractivity contribution in [3.8, 4) is 11.5 Å². The van der Waals surface area contributed by atoms with E-state index >= 15 is 0 Å². The number of hydrogen-bond acceptors (Lipinski definition) is 3. The minimum atomic E-state index is 0.144. The summed E-state index contributed by atoms with van der Waals surface area (Å²) in [6.07, 6.45) is 1.94. The molecule has 142 valence electrons. The van der Waals surface area contributed by atoms with Gasteiger partial charge in [-0.05, 0) is 58.7 Å².